The Hall–Kier alpha value is -1.55. The summed E-state index contributed by atoms with van der Waals surface area (Å²) in [7, 11) is 0. The standard InChI is InChI=1S/C23H32O6/c1-5-23(28)18(26)11-14-19-13(6-9-22(14,23)4)21(3)8-7-17(29-12(2)24)20(27)15(21)10-16(19)25/h1,13-14,16-19,25-28H,6-11H2,2-4H3/t13-,14-,16+,17-,18+,19+,21+,22-,23-/m0/s1. The second-order valence-corrected chi connectivity index (χ2v) is 10.1. The van der Waals surface area contributed by atoms with Gasteiger partial charge in [-0.15, -0.1) is 6.42 Å². The summed E-state index contributed by atoms with van der Waals surface area (Å²) in [6.45, 7) is 5.41. The zero-order chi connectivity index (χ0) is 21.4. The molecule has 0 unspecified atom stereocenters. The quantitative estimate of drug-likeness (QED) is 0.394. The molecule has 9 atom stereocenters. The van der Waals surface area contributed by atoms with Gasteiger partial charge in [-0.05, 0) is 67.3 Å². The van der Waals surface area contributed by atoms with Crippen LogP contribution in [0.25, 0.3) is 0 Å². The third-order valence-electron chi connectivity index (χ3n) is 8.99. The largest absolute Gasteiger partial charge is 0.508 e. The molecule has 0 radical (unpaired) electrons. The van der Waals surface area contributed by atoms with Crippen molar-refractivity contribution in [3.8, 4) is 12.3 Å². The van der Waals surface area contributed by atoms with E-state index in [-0.39, 0.29) is 28.9 Å². The molecule has 4 rings (SSSR count). The Bertz CT molecular complexity index is 798. The molecule has 0 aromatic heterocycles. The van der Waals surface area contributed by atoms with Crippen LogP contribution in [0, 0.1) is 40.9 Å². The van der Waals surface area contributed by atoms with E-state index in [1.807, 2.05) is 6.92 Å². The van der Waals surface area contributed by atoms with Gasteiger partial charge in [-0.1, -0.05) is 19.8 Å². The van der Waals surface area contributed by atoms with Crippen LogP contribution in [0.2, 0.25) is 0 Å². The fraction of sp³-hybridized carbons (Fsp3) is 0.783. The van der Waals surface area contributed by atoms with Crippen molar-refractivity contribution in [3.63, 3.8) is 0 Å². The highest BCUT2D eigenvalue weighted by Gasteiger charge is 2.68. The van der Waals surface area contributed by atoms with Crippen LogP contribution < -0.4 is 0 Å². The third-order valence-corrected chi connectivity index (χ3v) is 8.99. The normalized spacial score (nSPS) is 51.5. The number of carbonyl (C=O) groups excluding carboxylic acids is 1. The molecule has 160 valence electrons. The molecule has 4 aliphatic carbocycles. The van der Waals surface area contributed by atoms with Crippen LogP contribution in [-0.2, 0) is 9.53 Å². The Balaban J connectivity index is 1.73. The van der Waals surface area contributed by atoms with E-state index in [9.17, 15) is 25.2 Å². The maximum absolute atomic E-state index is 11.4. The molecule has 3 saturated carbocycles. The summed E-state index contributed by atoms with van der Waals surface area (Å²) in [6, 6.07) is 0. The Morgan fingerprint density at radius 1 is 1.21 bits per heavy atom. The number of aliphatic hydroxyl groups is 4. The lowest BCUT2D eigenvalue weighted by molar-refractivity contribution is -0.154. The summed E-state index contributed by atoms with van der Waals surface area (Å²) in [5.41, 5.74) is -1.77. The lowest BCUT2D eigenvalue weighted by atomic mass is 9.45. The highest BCUT2D eigenvalue weighted by atomic mass is 16.6. The molecule has 0 aliphatic heterocycles. The Kier molecular flexibility index (Phi) is 4.62. The van der Waals surface area contributed by atoms with E-state index in [2.05, 4.69) is 12.8 Å². The summed E-state index contributed by atoms with van der Waals surface area (Å²) in [6.07, 6.45) is 6.66. The maximum atomic E-state index is 11.4. The molecular formula is C23H32O6. The Morgan fingerprint density at radius 2 is 1.90 bits per heavy atom. The van der Waals surface area contributed by atoms with E-state index < -0.39 is 35.3 Å². The Morgan fingerprint density at radius 3 is 2.52 bits per heavy atom. The number of hydrogen-bond acceptors (Lipinski definition) is 6. The first-order valence-electron chi connectivity index (χ1n) is 10.7. The van der Waals surface area contributed by atoms with E-state index in [1.54, 1.807) is 0 Å². The number of rotatable bonds is 1. The lowest BCUT2D eigenvalue weighted by Crippen LogP contribution is -2.59. The van der Waals surface area contributed by atoms with Gasteiger partial charge in [0.15, 0.2) is 11.7 Å². The van der Waals surface area contributed by atoms with Crippen LogP contribution in [-0.4, -0.2) is 50.3 Å². The van der Waals surface area contributed by atoms with Gasteiger partial charge < -0.3 is 25.2 Å². The van der Waals surface area contributed by atoms with Crippen molar-refractivity contribution in [3.05, 3.63) is 11.3 Å². The van der Waals surface area contributed by atoms with E-state index in [0.29, 0.717) is 25.7 Å². The molecule has 4 aliphatic rings. The number of terminal acetylenes is 1. The van der Waals surface area contributed by atoms with Gasteiger partial charge in [-0.3, -0.25) is 4.79 Å². The second kappa shape index (κ2) is 6.47. The van der Waals surface area contributed by atoms with E-state index in [4.69, 9.17) is 11.2 Å². The summed E-state index contributed by atoms with van der Waals surface area (Å²) < 4.78 is 5.29. The monoisotopic (exact) mass is 404 g/mol. The SMILES string of the molecule is C#C[C@]1(O)[C@H](O)C[C@H]2[C@@H]3[C@H](O)CC4=C(O)[C@@H](OC(C)=O)CC[C@]4(C)[C@H]3CC[C@@]21C. The summed E-state index contributed by atoms with van der Waals surface area (Å²) in [5, 5.41) is 43.7. The highest BCUT2D eigenvalue weighted by Crippen LogP contribution is 2.67. The highest BCUT2D eigenvalue weighted by molar-refractivity contribution is 5.66. The number of carbonyl (C=O) groups is 1. The number of aliphatic hydroxyl groups excluding tert-OH is 3. The number of fused-ring (bicyclic) bond motifs is 5. The van der Waals surface area contributed by atoms with Gasteiger partial charge in [0.1, 0.15) is 5.76 Å². The lowest BCUT2D eigenvalue weighted by Gasteiger charge is -2.60. The molecule has 4 N–H and O–H groups in total. The van der Waals surface area contributed by atoms with Gasteiger partial charge in [-0.2, -0.15) is 0 Å². The van der Waals surface area contributed by atoms with Crippen molar-refractivity contribution in [1.29, 1.82) is 0 Å². The molecule has 6 nitrogen and oxygen atoms in total. The van der Waals surface area contributed by atoms with Crippen molar-refractivity contribution >= 4 is 5.97 Å². The van der Waals surface area contributed by atoms with Crippen LogP contribution in [0.3, 0.4) is 0 Å². The third kappa shape index (κ3) is 2.57. The van der Waals surface area contributed by atoms with Crippen molar-refractivity contribution in [2.24, 2.45) is 28.6 Å². The van der Waals surface area contributed by atoms with Crippen LogP contribution in [0.1, 0.15) is 59.3 Å². The van der Waals surface area contributed by atoms with E-state index in [1.165, 1.54) is 6.92 Å². The zero-order valence-electron chi connectivity index (χ0n) is 17.4. The molecule has 0 spiro atoms. The van der Waals surface area contributed by atoms with Crippen molar-refractivity contribution in [2.45, 2.75) is 83.2 Å². The molecule has 0 bridgehead atoms. The number of hydrogen-bond donors (Lipinski definition) is 4. The van der Waals surface area contributed by atoms with Crippen LogP contribution in [0.4, 0.5) is 0 Å². The first kappa shape index (κ1) is 20.7. The van der Waals surface area contributed by atoms with E-state index >= 15 is 0 Å². The average Bonchev–Trinajstić information content (AvgIpc) is 2.86. The minimum Gasteiger partial charge on any atom is -0.508 e. The second-order valence-electron chi connectivity index (χ2n) is 10.1. The molecular weight excluding hydrogens is 372 g/mol. The summed E-state index contributed by atoms with van der Waals surface area (Å²) in [4.78, 5) is 11.4. The maximum Gasteiger partial charge on any atom is 0.303 e. The van der Waals surface area contributed by atoms with Crippen LogP contribution in [0.5, 0.6) is 0 Å². The molecule has 6 heteroatoms. The molecule has 0 saturated heterocycles. The van der Waals surface area contributed by atoms with Gasteiger partial charge in [-0.25, -0.2) is 0 Å². The van der Waals surface area contributed by atoms with Crippen LogP contribution in [0.15, 0.2) is 11.3 Å². The van der Waals surface area contributed by atoms with Gasteiger partial charge in [0.25, 0.3) is 0 Å². The van der Waals surface area contributed by atoms with E-state index in [0.717, 1.165) is 18.4 Å². The first-order valence-corrected chi connectivity index (χ1v) is 10.7. The molecule has 0 amide bonds. The number of esters is 1. The van der Waals surface area contributed by atoms with Gasteiger partial charge in [0.05, 0.1) is 12.2 Å². The molecule has 29 heavy (non-hydrogen) atoms. The summed E-state index contributed by atoms with van der Waals surface area (Å²) in [5.74, 6) is 2.02. The van der Waals surface area contributed by atoms with Crippen molar-refractivity contribution in [1.82, 2.24) is 0 Å². The average molecular weight is 405 g/mol. The molecule has 3 fully saturated rings. The van der Waals surface area contributed by atoms with Gasteiger partial charge in [0, 0.05) is 12.3 Å². The first-order chi connectivity index (χ1) is 13.5. The van der Waals surface area contributed by atoms with Gasteiger partial charge in [0.2, 0.25) is 0 Å². The van der Waals surface area contributed by atoms with Crippen molar-refractivity contribution in [2.75, 3.05) is 0 Å². The summed E-state index contributed by atoms with van der Waals surface area (Å²) >= 11 is 0. The predicted molar refractivity (Wildman–Crippen MR) is 105 cm³/mol. The molecule has 0 aromatic rings. The number of ether oxygens (including phenoxy) is 1. The minimum atomic E-state index is -1.59. The minimum absolute atomic E-state index is 0.0892. The van der Waals surface area contributed by atoms with Crippen LogP contribution >= 0.6 is 0 Å². The van der Waals surface area contributed by atoms with Crippen molar-refractivity contribution < 1.29 is 30.0 Å². The smallest absolute Gasteiger partial charge is 0.303 e. The van der Waals surface area contributed by atoms with Gasteiger partial charge >= 0.3 is 5.97 Å². The fourth-order valence-electron chi connectivity index (χ4n) is 7.37. The topological polar surface area (TPSA) is 107 Å². The fourth-order valence-corrected chi connectivity index (χ4v) is 7.37. The predicted octanol–water partition coefficient (Wildman–Crippen LogP) is 2.07. The molecule has 0 heterocycles. The molecule has 0 aromatic carbocycles. The zero-order valence-corrected chi connectivity index (χ0v) is 17.4. The Labute approximate surface area is 172 Å².